The third-order valence-corrected chi connectivity index (χ3v) is 5.95. The summed E-state index contributed by atoms with van der Waals surface area (Å²) in [5.41, 5.74) is 3.06. The first kappa shape index (κ1) is 24.8. The summed E-state index contributed by atoms with van der Waals surface area (Å²) in [6.45, 7) is 4.03. The highest BCUT2D eigenvalue weighted by molar-refractivity contribution is 6.11. The van der Waals surface area contributed by atoms with Crippen LogP contribution < -0.4 is 0 Å². The first-order valence-corrected chi connectivity index (χ1v) is 11.5. The standard InChI is InChI=1S/C26H27F3N4O2/c1-17(34)16-35-32-26(20-3-5-22(27)23(28)12-20)24-6-2-18(13-30-24)15-33-10-8-19(9-11-33)21-4-7-25(29)31-14-21/h2-7,12-14,17,19,34H,8-11,15-16H2,1H3/b32-26+/t17-/m0/s1. The van der Waals surface area contributed by atoms with E-state index in [0.29, 0.717) is 17.2 Å². The van der Waals surface area contributed by atoms with E-state index < -0.39 is 23.7 Å². The monoisotopic (exact) mass is 484 g/mol. The predicted molar refractivity (Wildman–Crippen MR) is 125 cm³/mol. The van der Waals surface area contributed by atoms with Gasteiger partial charge in [0.1, 0.15) is 12.3 Å². The van der Waals surface area contributed by atoms with Crippen LogP contribution in [0, 0.1) is 17.6 Å². The normalized spacial score (nSPS) is 16.3. The second-order valence-corrected chi connectivity index (χ2v) is 8.73. The van der Waals surface area contributed by atoms with Gasteiger partial charge in [0, 0.05) is 24.5 Å². The summed E-state index contributed by atoms with van der Waals surface area (Å²) < 4.78 is 40.3. The molecule has 1 atom stereocenters. The number of benzene rings is 1. The molecule has 0 aliphatic carbocycles. The van der Waals surface area contributed by atoms with Gasteiger partial charge in [0.05, 0.1) is 11.8 Å². The third-order valence-electron chi connectivity index (χ3n) is 5.95. The van der Waals surface area contributed by atoms with E-state index in [0.717, 1.165) is 55.7 Å². The maximum absolute atomic E-state index is 13.8. The van der Waals surface area contributed by atoms with E-state index in [4.69, 9.17) is 4.84 Å². The Kier molecular flexibility index (Phi) is 8.09. The van der Waals surface area contributed by atoms with Crippen molar-refractivity contribution in [3.05, 3.63) is 94.8 Å². The van der Waals surface area contributed by atoms with Gasteiger partial charge in [-0.25, -0.2) is 13.8 Å². The number of aliphatic hydroxyl groups is 1. The molecule has 1 saturated heterocycles. The summed E-state index contributed by atoms with van der Waals surface area (Å²) in [5.74, 6) is -2.05. The number of hydrogen-bond donors (Lipinski definition) is 1. The van der Waals surface area contributed by atoms with Gasteiger partial charge in [-0.3, -0.25) is 9.88 Å². The zero-order chi connectivity index (χ0) is 24.8. The van der Waals surface area contributed by atoms with Crippen molar-refractivity contribution in [2.24, 2.45) is 5.16 Å². The van der Waals surface area contributed by atoms with Crippen molar-refractivity contribution in [2.45, 2.75) is 38.3 Å². The van der Waals surface area contributed by atoms with Gasteiger partial charge in [-0.15, -0.1) is 0 Å². The molecular formula is C26H27F3N4O2. The van der Waals surface area contributed by atoms with Gasteiger partial charge in [-0.1, -0.05) is 17.3 Å². The molecule has 0 unspecified atom stereocenters. The Balaban J connectivity index is 1.42. The molecule has 35 heavy (non-hydrogen) atoms. The lowest BCUT2D eigenvalue weighted by Gasteiger charge is -2.32. The minimum absolute atomic E-state index is 0.0464. The summed E-state index contributed by atoms with van der Waals surface area (Å²) in [4.78, 5) is 15.8. The number of aliphatic hydroxyl groups excluding tert-OH is 1. The first-order chi connectivity index (χ1) is 16.9. The molecule has 6 nitrogen and oxygen atoms in total. The number of pyridine rings is 2. The summed E-state index contributed by atoms with van der Waals surface area (Å²) >= 11 is 0. The molecule has 2 aromatic heterocycles. The quantitative estimate of drug-likeness (QED) is 0.291. The molecule has 1 aliphatic rings. The zero-order valence-corrected chi connectivity index (χ0v) is 19.4. The van der Waals surface area contributed by atoms with E-state index in [2.05, 4.69) is 20.0 Å². The summed E-state index contributed by atoms with van der Waals surface area (Å²) in [6.07, 6.45) is 4.55. The Labute approximate surface area is 202 Å². The molecule has 184 valence electrons. The zero-order valence-electron chi connectivity index (χ0n) is 19.4. The molecule has 4 rings (SSSR count). The van der Waals surface area contributed by atoms with Crippen LogP contribution in [-0.2, 0) is 11.4 Å². The Morgan fingerprint density at radius 3 is 2.49 bits per heavy atom. The Morgan fingerprint density at radius 2 is 1.86 bits per heavy atom. The van der Waals surface area contributed by atoms with E-state index in [1.807, 2.05) is 12.1 Å². The minimum Gasteiger partial charge on any atom is -0.392 e. The van der Waals surface area contributed by atoms with Gasteiger partial charge < -0.3 is 9.94 Å². The lowest BCUT2D eigenvalue weighted by atomic mass is 9.90. The van der Waals surface area contributed by atoms with Crippen LogP contribution >= 0.6 is 0 Å². The van der Waals surface area contributed by atoms with Crippen LogP contribution in [0.15, 0.2) is 60.0 Å². The number of piperidine rings is 1. The molecule has 0 amide bonds. The van der Waals surface area contributed by atoms with Crippen molar-refractivity contribution in [1.82, 2.24) is 14.9 Å². The Bertz CT molecular complexity index is 1150. The highest BCUT2D eigenvalue weighted by atomic mass is 19.2. The third kappa shape index (κ3) is 6.64. The van der Waals surface area contributed by atoms with Crippen LogP contribution in [0.25, 0.3) is 0 Å². The second-order valence-electron chi connectivity index (χ2n) is 8.73. The fourth-order valence-corrected chi connectivity index (χ4v) is 4.07. The number of aromatic nitrogens is 2. The minimum atomic E-state index is -0.998. The van der Waals surface area contributed by atoms with Crippen molar-refractivity contribution in [2.75, 3.05) is 19.7 Å². The average Bonchev–Trinajstić information content (AvgIpc) is 2.85. The first-order valence-electron chi connectivity index (χ1n) is 11.5. The van der Waals surface area contributed by atoms with Crippen LogP contribution in [0.4, 0.5) is 13.2 Å². The van der Waals surface area contributed by atoms with E-state index in [1.165, 1.54) is 12.1 Å². The largest absolute Gasteiger partial charge is 0.392 e. The molecule has 0 spiro atoms. The number of rotatable bonds is 8. The van der Waals surface area contributed by atoms with Crippen LogP contribution in [0.5, 0.6) is 0 Å². The fraction of sp³-hybridized carbons (Fsp3) is 0.346. The number of halogens is 3. The van der Waals surface area contributed by atoms with Crippen molar-refractivity contribution < 1.29 is 23.1 Å². The fourth-order valence-electron chi connectivity index (χ4n) is 4.07. The van der Waals surface area contributed by atoms with E-state index in [-0.39, 0.29) is 12.3 Å². The molecule has 3 heterocycles. The Morgan fingerprint density at radius 1 is 1.06 bits per heavy atom. The molecule has 0 bridgehead atoms. The van der Waals surface area contributed by atoms with E-state index in [9.17, 15) is 18.3 Å². The van der Waals surface area contributed by atoms with Crippen LogP contribution in [0.2, 0.25) is 0 Å². The molecule has 1 fully saturated rings. The van der Waals surface area contributed by atoms with Gasteiger partial charge in [-0.2, -0.15) is 4.39 Å². The summed E-state index contributed by atoms with van der Waals surface area (Å²) in [7, 11) is 0. The smallest absolute Gasteiger partial charge is 0.212 e. The van der Waals surface area contributed by atoms with Gasteiger partial charge in [0.15, 0.2) is 11.6 Å². The molecule has 1 aliphatic heterocycles. The van der Waals surface area contributed by atoms with Gasteiger partial charge in [-0.05, 0) is 80.2 Å². The molecule has 3 aromatic rings. The van der Waals surface area contributed by atoms with Crippen molar-refractivity contribution in [1.29, 1.82) is 0 Å². The molecule has 0 saturated carbocycles. The molecule has 9 heteroatoms. The summed E-state index contributed by atoms with van der Waals surface area (Å²) in [6, 6.07) is 10.4. The van der Waals surface area contributed by atoms with Crippen LogP contribution in [-0.4, -0.2) is 51.5 Å². The predicted octanol–water partition coefficient (Wildman–Crippen LogP) is 4.42. The van der Waals surface area contributed by atoms with Crippen molar-refractivity contribution >= 4 is 5.71 Å². The Hall–Kier alpha value is -3.30. The number of likely N-dealkylation sites (tertiary alicyclic amines) is 1. The van der Waals surface area contributed by atoms with Crippen molar-refractivity contribution in [3.8, 4) is 0 Å². The van der Waals surface area contributed by atoms with Crippen molar-refractivity contribution in [3.63, 3.8) is 0 Å². The van der Waals surface area contributed by atoms with Gasteiger partial charge in [0.25, 0.3) is 0 Å². The molecule has 1 aromatic carbocycles. The van der Waals surface area contributed by atoms with Crippen LogP contribution in [0.3, 0.4) is 0 Å². The number of hydrogen-bond acceptors (Lipinski definition) is 6. The number of nitrogens with zero attached hydrogens (tertiary/aromatic N) is 4. The topological polar surface area (TPSA) is 70.8 Å². The molecule has 0 radical (unpaired) electrons. The van der Waals surface area contributed by atoms with Crippen LogP contribution in [0.1, 0.15) is 48.1 Å². The lowest BCUT2D eigenvalue weighted by molar-refractivity contribution is 0.0502. The summed E-state index contributed by atoms with van der Waals surface area (Å²) in [5, 5.41) is 13.5. The molecule has 1 N–H and O–H groups in total. The maximum atomic E-state index is 13.8. The van der Waals surface area contributed by atoms with E-state index in [1.54, 1.807) is 25.4 Å². The molecular weight excluding hydrogens is 457 g/mol. The lowest BCUT2D eigenvalue weighted by Crippen LogP contribution is -2.32. The highest BCUT2D eigenvalue weighted by Gasteiger charge is 2.21. The highest BCUT2D eigenvalue weighted by Crippen LogP contribution is 2.28. The second kappa shape index (κ2) is 11.4. The van der Waals surface area contributed by atoms with Gasteiger partial charge >= 0.3 is 0 Å². The maximum Gasteiger partial charge on any atom is 0.212 e. The van der Waals surface area contributed by atoms with Gasteiger partial charge in [0.2, 0.25) is 5.95 Å². The SMILES string of the molecule is C[C@H](O)CO/N=C(\c1ccc(F)c(F)c1)c1ccc(CN2CCC(c3ccc(F)nc3)CC2)cn1. The van der Waals surface area contributed by atoms with E-state index >= 15 is 0 Å². The number of oxime groups is 1. The average molecular weight is 485 g/mol.